The molecule has 0 amide bonds. The standard InChI is InChI=1S/C13H24N2/c1-3-7-12(8-4-1)14-11-15-13-9-5-2-6-10-13/h11-13H,1-10H2,(H,14,15)/p+1. The predicted octanol–water partition coefficient (Wildman–Crippen LogP) is 1.35. The van der Waals surface area contributed by atoms with Crippen LogP contribution in [0.1, 0.15) is 64.2 Å². The third-order valence-electron chi connectivity index (χ3n) is 3.85. The zero-order chi connectivity index (χ0) is 10.3. The van der Waals surface area contributed by atoms with Gasteiger partial charge in [0.1, 0.15) is 0 Å². The summed E-state index contributed by atoms with van der Waals surface area (Å²) in [6.07, 6.45) is 16.1. The molecule has 0 radical (unpaired) electrons. The first kappa shape index (κ1) is 11.0. The van der Waals surface area contributed by atoms with Gasteiger partial charge >= 0.3 is 0 Å². The molecule has 0 saturated heterocycles. The second kappa shape index (κ2) is 6.14. The van der Waals surface area contributed by atoms with Crippen molar-refractivity contribution in [1.82, 2.24) is 5.32 Å². The van der Waals surface area contributed by atoms with Gasteiger partial charge in [-0.05, 0) is 51.4 Å². The van der Waals surface area contributed by atoms with Gasteiger partial charge in [0.2, 0.25) is 6.34 Å². The number of hydrogen-bond acceptors (Lipinski definition) is 0. The van der Waals surface area contributed by atoms with Crippen molar-refractivity contribution in [2.45, 2.75) is 76.3 Å². The van der Waals surface area contributed by atoms with Crippen molar-refractivity contribution in [2.75, 3.05) is 0 Å². The Morgan fingerprint density at radius 3 is 2.07 bits per heavy atom. The van der Waals surface area contributed by atoms with Gasteiger partial charge in [-0.3, -0.25) is 10.3 Å². The molecule has 2 aliphatic rings. The molecule has 0 unspecified atom stereocenters. The molecule has 2 fully saturated rings. The highest BCUT2D eigenvalue weighted by Gasteiger charge is 2.16. The number of nitrogens with one attached hydrogen (secondary N) is 2. The molecular formula is C13H25N2+. The van der Waals surface area contributed by atoms with Crippen molar-refractivity contribution in [3.63, 3.8) is 0 Å². The molecular weight excluding hydrogens is 184 g/mol. The van der Waals surface area contributed by atoms with Crippen LogP contribution in [0.25, 0.3) is 0 Å². The Bertz CT molecular complexity index is 189. The fourth-order valence-corrected chi connectivity index (χ4v) is 2.82. The van der Waals surface area contributed by atoms with Gasteiger partial charge in [0, 0.05) is 0 Å². The Balaban J connectivity index is 1.64. The molecule has 0 aromatic rings. The first-order valence-electron chi connectivity index (χ1n) is 6.79. The minimum atomic E-state index is 0.745. The van der Waals surface area contributed by atoms with Crippen LogP contribution in [-0.4, -0.2) is 18.4 Å². The molecule has 0 atom stereocenters. The molecule has 86 valence electrons. The van der Waals surface area contributed by atoms with Gasteiger partial charge in [0.15, 0.2) is 0 Å². The van der Waals surface area contributed by atoms with Crippen molar-refractivity contribution in [3.05, 3.63) is 0 Å². The summed E-state index contributed by atoms with van der Waals surface area (Å²) in [5.74, 6) is 0. The normalized spacial score (nSPS) is 25.9. The van der Waals surface area contributed by atoms with Gasteiger partial charge in [-0.2, -0.15) is 0 Å². The van der Waals surface area contributed by atoms with Crippen molar-refractivity contribution in [2.24, 2.45) is 0 Å². The van der Waals surface area contributed by atoms with Crippen LogP contribution in [0.4, 0.5) is 0 Å². The lowest BCUT2D eigenvalue weighted by Crippen LogP contribution is -2.78. The summed E-state index contributed by atoms with van der Waals surface area (Å²) in [6.45, 7) is 0. The number of hydrogen-bond donors (Lipinski definition) is 2. The zero-order valence-corrected chi connectivity index (χ0v) is 9.80. The summed E-state index contributed by atoms with van der Waals surface area (Å²) in [6, 6.07) is 1.49. The monoisotopic (exact) mass is 209 g/mol. The molecule has 0 heterocycles. The lowest BCUT2D eigenvalue weighted by Gasteiger charge is -2.18. The third kappa shape index (κ3) is 3.84. The summed E-state index contributed by atoms with van der Waals surface area (Å²) in [5, 5.41) is 3.53. The molecule has 0 spiro atoms. The summed E-state index contributed by atoms with van der Waals surface area (Å²) < 4.78 is 0. The van der Waals surface area contributed by atoms with Crippen LogP contribution in [0.3, 0.4) is 0 Å². The molecule has 15 heavy (non-hydrogen) atoms. The Morgan fingerprint density at radius 2 is 1.40 bits per heavy atom. The Kier molecular flexibility index (Phi) is 4.49. The first-order chi connectivity index (χ1) is 7.45. The Labute approximate surface area is 93.6 Å². The minimum Gasteiger partial charge on any atom is -0.278 e. The van der Waals surface area contributed by atoms with Crippen molar-refractivity contribution in [3.8, 4) is 0 Å². The molecule has 2 N–H and O–H groups in total. The van der Waals surface area contributed by atoms with Crippen molar-refractivity contribution >= 4 is 6.34 Å². The molecule has 2 rings (SSSR count). The van der Waals surface area contributed by atoms with E-state index in [4.69, 9.17) is 0 Å². The van der Waals surface area contributed by atoms with Crippen LogP contribution in [0.5, 0.6) is 0 Å². The summed E-state index contributed by atoms with van der Waals surface area (Å²) in [5.41, 5.74) is 0. The van der Waals surface area contributed by atoms with Crippen molar-refractivity contribution in [1.29, 1.82) is 0 Å². The number of rotatable bonds is 3. The second-order valence-corrected chi connectivity index (χ2v) is 5.15. The molecule has 2 nitrogen and oxygen atoms in total. The van der Waals surface area contributed by atoms with Gasteiger partial charge in [-0.1, -0.05) is 12.8 Å². The van der Waals surface area contributed by atoms with Crippen LogP contribution in [0.15, 0.2) is 0 Å². The maximum atomic E-state index is 3.53. The zero-order valence-electron chi connectivity index (χ0n) is 9.80. The van der Waals surface area contributed by atoms with Crippen molar-refractivity contribution < 1.29 is 4.99 Å². The lowest BCUT2D eigenvalue weighted by atomic mass is 9.95. The van der Waals surface area contributed by atoms with E-state index in [1.807, 2.05) is 0 Å². The molecule has 0 bridgehead atoms. The highest BCUT2D eigenvalue weighted by atomic mass is 15.0. The molecule has 0 aromatic carbocycles. The summed E-state index contributed by atoms with van der Waals surface area (Å²) >= 11 is 0. The Morgan fingerprint density at radius 1 is 0.800 bits per heavy atom. The Hall–Kier alpha value is -0.530. The molecule has 0 aliphatic heterocycles. The van der Waals surface area contributed by atoms with Gasteiger partial charge in [0.25, 0.3) is 0 Å². The van der Waals surface area contributed by atoms with E-state index < -0.39 is 0 Å². The van der Waals surface area contributed by atoms with Gasteiger partial charge in [-0.25, -0.2) is 0 Å². The van der Waals surface area contributed by atoms with E-state index in [-0.39, 0.29) is 0 Å². The molecule has 2 saturated carbocycles. The minimum absolute atomic E-state index is 0.745. The average molecular weight is 209 g/mol. The highest BCUT2D eigenvalue weighted by Crippen LogP contribution is 2.16. The molecule has 2 aliphatic carbocycles. The fraction of sp³-hybridized carbons (Fsp3) is 0.923. The van der Waals surface area contributed by atoms with Crippen LogP contribution < -0.4 is 10.3 Å². The first-order valence-corrected chi connectivity index (χ1v) is 6.79. The maximum Gasteiger partial charge on any atom is 0.230 e. The summed E-state index contributed by atoms with van der Waals surface area (Å²) in [7, 11) is 0. The van der Waals surface area contributed by atoms with Crippen LogP contribution in [0.2, 0.25) is 0 Å². The van der Waals surface area contributed by atoms with Gasteiger partial charge in [-0.15, -0.1) is 0 Å². The largest absolute Gasteiger partial charge is 0.278 e. The average Bonchev–Trinajstić information content (AvgIpc) is 2.32. The quantitative estimate of drug-likeness (QED) is 0.532. The van der Waals surface area contributed by atoms with E-state index >= 15 is 0 Å². The molecule has 2 heteroatoms. The topological polar surface area (TPSA) is 26.0 Å². The van der Waals surface area contributed by atoms with Gasteiger partial charge < -0.3 is 0 Å². The predicted molar refractivity (Wildman–Crippen MR) is 63.9 cm³/mol. The highest BCUT2D eigenvalue weighted by molar-refractivity contribution is 5.47. The second-order valence-electron chi connectivity index (χ2n) is 5.15. The fourth-order valence-electron chi connectivity index (χ4n) is 2.82. The van der Waals surface area contributed by atoms with Crippen LogP contribution in [-0.2, 0) is 0 Å². The maximum absolute atomic E-state index is 3.53. The SMILES string of the molecule is C(NC1CCCCC1)=[NH+]C1CCCCC1. The van der Waals surface area contributed by atoms with E-state index in [1.165, 1.54) is 64.2 Å². The van der Waals surface area contributed by atoms with E-state index in [2.05, 4.69) is 16.6 Å². The summed E-state index contributed by atoms with van der Waals surface area (Å²) in [4.78, 5) is 3.53. The van der Waals surface area contributed by atoms with E-state index in [0.717, 1.165) is 12.1 Å². The van der Waals surface area contributed by atoms with Crippen LogP contribution >= 0.6 is 0 Å². The van der Waals surface area contributed by atoms with Gasteiger partial charge in [0.05, 0.1) is 12.1 Å². The smallest absolute Gasteiger partial charge is 0.230 e. The van der Waals surface area contributed by atoms with E-state index in [9.17, 15) is 0 Å². The van der Waals surface area contributed by atoms with E-state index in [1.54, 1.807) is 0 Å². The van der Waals surface area contributed by atoms with E-state index in [0.29, 0.717) is 0 Å². The molecule has 0 aromatic heterocycles. The lowest BCUT2D eigenvalue weighted by molar-refractivity contribution is -0.504. The third-order valence-corrected chi connectivity index (χ3v) is 3.85. The van der Waals surface area contributed by atoms with Crippen LogP contribution in [0, 0.1) is 0 Å².